The van der Waals surface area contributed by atoms with Crippen molar-refractivity contribution in [1.29, 1.82) is 5.26 Å². The first-order chi connectivity index (χ1) is 13.0. The van der Waals surface area contributed by atoms with Crippen LogP contribution in [0, 0.1) is 18.3 Å². The van der Waals surface area contributed by atoms with Crippen molar-refractivity contribution in [3.05, 3.63) is 69.8 Å². The summed E-state index contributed by atoms with van der Waals surface area (Å²) in [6, 6.07) is 14.8. The van der Waals surface area contributed by atoms with Crippen LogP contribution in [0.2, 0.25) is 0 Å². The van der Waals surface area contributed by atoms with Crippen LogP contribution in [-0.4, -0.2) is 29.0 Å². The molecule has 0 spiro atoms. The molecular weight excluding hydrogens is 338 g/mol. The van der Waals surface area contributed by atoms with Crippen molar-refractivity contribution in [3.8, 4) is 6.07 Å². The molecule has 142 valence electrons. The Labute approximate surface area is 161 Å². The van der Waals surface area contributed by atoms with Crippen molar-refractivity contribution in [3.63, 3.8) is 0 Å². The smallest absolute Gasteiger partial charge is 0.0995 e. The third-order valence-electron chi connectivity index (χ3n) is 5.38. The van der Waals surface area contributed by atoms with E-state index in [1.54, 1.807) is 0 Å². The summed E-state index contributed by atoms with van der Waals surface area (Å²) >= 11 is 0. The van der Waals surface area contributed by atoms with Gasteiger partial charge in [0.05, 0.1) is 36.6 Å². The van der Waals surface area contributed by atoms with E-state index in [0.717, 1.165) is 29.5 Å². The molecule has 0 radical (unpaired) electrons. The van der Waals surface area contributed by atoms with Gasteiger partial charge in [-0.15, -0.1) is 0 Å². The lowest BCUT2D eigenvalue weighted by Gasteiger charge is -2.33. The molecule has 0 saturated carbocycles. The fraction of sp³-hybridized carbons (Fsp3) is 0.435. The lowest BCUT2D eigenvalue weighted by atomic mass is 9.89. The van der Waals surface area contributed by atoms with Gasteiger partial charge in [-0.05, 0) is 53.6 Å². The van der Waals surface area contributed by atoms with Crippen LogP contribution in [0.1, 0.15) is 59.3 Å². The Balaban J connectivity index is 1.91. The van der Waals surface area contributed by atoms with E-state index in [1.165, 1.54) is 11.1 Å². The van der Waals surface area contributed by atoms with E-state index in [-0.39, 0.29) is 12.7 Å². The van der Waals surface area contributed by atoms with Gasteiger partial charge in [-0.2, -0.15) is 5.26 Å². The molecule has 4 heteroatoms. The fourth-order valence-corrected chi connectivity index (χ4v) is 3.75. The quantitative estimate of drug-likeness (QED) is 0.849. The molecule has 27 heavy (non-hydrogen) atoms. The Kier molecular flexibility index (Phi) is 6.28. The summed E-state index contributed by atoms with van der Waals surface area (Å²) in [5.41, 5.74) is 6.15. The van der Waals surface area contributed by atoms with Gasteiger partial charge in [-0.3, -0.25) is 0 Å². The third-order valence-corrected chi connectivity index (χ3v) is 5.38. The maximum atomic E-state index is 10.1. The van der Waals surface area contributed by atoms with Gasteiger partial charge in [0.2, 0.25) is 0 Å². The average molecular weight is 365 g/mol. The largest absolute Gasteiger partial charge is 0.394 e. The predicted octanol–water partition coefficient (Wildman–Crippen LogP) is 3.59. The zero-order valence-corrected chi connectivity index (χ0v) is 16.0. The second kappa shape index (κ2) is 8.67. The lowest BCUT2D eigenvalue weighted by molar-refractivity contribution is -0.113. The SMILES string of the molecule is CCc1ccc(Cc2cc(C3CC(O)CC(CO)O3)c(C#N)cc2C)cc1. The number of nitrogens with zero attached hydrogens (tertiary/aromatic N) is 1. The van der Waals surface area contributed by atoms with E-state index in [2.05, 4.69) is 37.3 Å². The molecule has 0 bridgehead atoms. The highest BCUT2D eigenvalue weighted by atomic mass is 16.5. The zero-order valence-electron chi connectivity index (χ0n) is 16.0. The molecule has 1 heterocycles. The zero-order chi connectivity index (χ0) is 19.4. The van der Waals surface area contributed by atoms with Crippen LogP contribution in [0.15, 0.2) is 36.4 Å². The van der Waals surface area contributed by atoms with E-state index in [9.17, 15) is 15.5 Å². The average Bonchev–Trinajstić information content (AvgIpc) is 2.69. The third kappa shape index (κ3) is 4.56. The van der Waals surface area contributed by atoms with Gasteiger partial charge in [-0.1, -0.05) is 37.3 Å². The minimum atomic E-state index is -0.529. The number of benzene rings is 2. The van der Waals surface area contributed by atoms with Gasteiger partial charge >= 0.3 is 0 Å². The van der Waals surface area contributed by atoms with Crippen LogP contribution in [0.3, 0.4) is 0 Å². The summed E-state index contributed by atoms with van der Waals surface area (Å²) in [4.78, 5) is 0. The van der Waals surface area contributed by atoms with Crippen LogP contribution in [0.25, 0.3) is 0 Å². The van der Waals surface area contributed by atoms with Crippen LogP contribution in [-0.2, 0) is 17.6 Å². The van der Waals surface area contributed by atoms with Crippen molar-refractivity contribution in [2.45, 2.75) is 57.8 Å². The van der Waals surface area contributed by atoms with Gasteiger partial charge in [0.15, 0.2) is 0 Å². The number of hydrogen-bond acceptors (Lipinski definition) is 4. The first-order valence-corrected chi connectivity index (χ1v) is 9.59. The number of rotatable bonds is 5. The molecule has 4 nitrogen and oxygen atoms in total. The molecule has 0 aromatic heterocycles. The van der Waals surface area contributed by atoms with Crippen LogP contribution in [0.5, 0.6) is 0 Å². The van der Waals surface area contributed by atoms with Crippen molar-refractivity contribution in [1.82, 2.24) is 0 Å². The topological polar surface area (TPSA) is 73.5 Å². The molecule has 3 rings (SSSR count). The summed E-state index contributed by atoms with van der Waals surface area (Å²) in [6.45, 7) is 4.04. The molecule has 2 aromatic carbocycles. The summed E-state index contributed by atoms with van der Waals surface area (Å²) in [5, 5.41) is 29.2. The molecule has 1 saturated heterocycles. The summed E-state index contributed by atoms with van der Waals surface area (Å²) < 4.78 is 5.95. The summed E-state index contributed by atoms with van der Waals surface area (Å²) in [6.07, 6.45) is 1.38. The molecule has 3 unspecified atom stereocenters. The van der Waals surface area contributed by atoms with E-state index in [1.807, 2.05) is 19.1 Å². The fourth-order valence-electron chi connectivity index (χ4n) is 3.75. The van der Waals surface area contributed by atoms with Gasteiger partial charge in [0, 0.05) is 12.8 Å². The maximum absolute atomic E-state index is 10.1. The van der Waals surface area contributed by atoms with Crippen molar-refractivity contribution >= 4 is 0 Å². The number of aliphatic hydroxyl groups is 2. The Bertz CT molecular complexity index is 823. The molecule has 2 aromatic rings. The molecule has 2 N–H and O–H groups in total. The molecule has 1 aliphatic rings. The Morgan fingerprint density at radius 1 is 1.15 bits per heavy atom. The maximum Gasteiger partial charge on any atom is 0.0995 e. The van der Waals surface area contributed by atoms with Crippen molar-refractivity contribution in [2.24, 2.45) is 0 Å². The van der Waals surface area contributed by atoms with Gasteiger partial charge in [-0.25, -0.2) is 0 Å². The first kappa shape index (κ1) is 19.6. The molecule has 0 aliphatic carbocycles. The molecule has 1 aliphatic heterocycles. The second-order valence-corrected chi connectivity index (χ2v) is 7.38. The van der Waals surface area contributed by atoms with Gasteiger partial charge in [0.25, 0.3) is 0 Å². The van der Waals surface area contributed by atoms with Crippen molar-refractivity contribution < 1.29 is 14.9 Å². The lowest BCUT2D eigenvalue weighted by Crippen LogP contribution is -2.33. The van der Waals surface area contributed by atoms with Crippen molar-refractivity contribution in [2.75, 3.05) is 6.61 Å². The normalized spacial score (nSPS) is 22.4. The minimum absolute atomic E-state index is 0.127. The monoisotopic (exact) mass is 365 g/mol. The highest BCUT2D eigenvalue weighted by molar-refractivity contribution is 5.47. The number of aliphatic hydroxyl groups excluding tert-OH is 2. The number of ether oxygens (including phenoxy) is 1. The van der Waals surface area contributed by atoms with E-state index in [4.69, 9.17) is 4.74 Å². The summed E-state index contributed by atoms with van der Waals surface area (Å²) in [7, 11) is 0. The van der Waals surface area contributed by atoms with E-state index >= 15 is 0 Å². The highest BCUT2D eigenvalue weighted by Gasteiger charge is 2.30. The molecule has 0 amide bonds. The highest BCUT2D eigenvalue weighted by Crippen LogP contribution is 2.35. The van der Waals surface area contributed by atoms with Crippen LogP contribution < -0.4 is 0 Å². The molecule has 3 atom stereocenters. The Morgan fingerprint density at radius 2 is 1.85 bits per heavy atom. The van der Waals surface area contributed by atoms with Crippen LogP contribution in [0.4, 0.5) is 0 Å². The molecule has 1 fully saturated rings. The van der Waals surface area contributed by atoms with Crippen LogP contribution >= 0.6 is 0 Å². The minimum Gasteiger partial charge on any atom is -0.394 e. The summed E-state index contributed by atoms with van der Waals surface area (Å²) in [5.74, 6) is 0. The predicted molar refractivity (Wildman–Crippen MR) is 104 cm³/mol. The Hall–Kier alpha value is -2.19. The van der Waals surface area contributed by atoms with Gasteiger partial charge in [0.1, 0.15) is 0 Å². The molecular formula is C23H27NO3. The number of nitriles is 1. The number of hydrogen-bond donors (Lipinski definition) is 2. The standard InChI is InChI=1S/C23H27NO3/c1-3-16-4-6-17(7-5-16)9-18-10-22(19(13-24)8-15(18)2)23-12-20(26)11-21(14-25)27-23/h4-8,10,20-21,23,25-26H,3,9,11-12,14H2,1-2H3. The number of aryl methyl sites for hydroxylation is 2. The van der Waals surface area contributed by atoms with Gasteiger partial charge < -0.3 is 14.9 Å². The second-order valence-electron chi connectivity index (χ2n) is 7.38. The first-order valence-electron chi connectivity index (χ1n) is 9.59. The van der Waals surface area contributed by atoms with E-state index in [0.29, 0.717) is 18.4 Å². The Morgan fingerprint density at radius 3 is 2.48 bits per heavy atom. The van der Waals surface area contributed by atoms with E-state index < -0.39 is 12.2 Å².